The molecule has 2 aromatic carbocycles. The molecule has 2 rings (SSSR count). The lowest BCUT2D eigenvalue weighted by Gasteiger charge is -2.30. The van der Waals surface area contributed by atoms with Crippen molar-refractivity contribution in [3.05, 3.63) is 66.2 Å². The summed E-state index contributed by atoms with van der Waals surface area (Å²) < 4.78 is 24.8. The average Bonchev–Trinajstić information content (AvgIpc) is 2.76. The average molecular weight is 417 g/mol. The maximum Gasteiger partial charge on any atom is 0.191 e. The quantitative estimate of drug-likeness (QED) is 0.460. The molecule has 0 radical (unpaired) electrons. The third kappa shape index (κ3) is 6.87. The molecule has 2 aromatic rings. The fourth-order valence-electron chi connectivity index (χ4n) is 3.26. The van der Waals surface area contributed by atoms with Crippen LogP contribution in [0, 0.1) is 0 Å². The zero-order valence-electron chi connectivity index (χ0n) is 17.5. The molecule has 0 aromatic heterocycles. The number of guanidine groups is 1. The van der Waals surface area contributed by atoms with Gasteiger partial charge in [-0.3, -0.25) is 9.89 Å². The summed E-state index contributed by atoms with van der Waals surface area (Å²) in [5.41, 5.74) is 1.24. The molecule has 6 nitrogen and oxygen atoms in total. The Labute approximate surface area is 175 Å². The van der Waals surface area contributed by atoms with Gasteiger partial charge in [-0.05, 0) is 30.8 Å². The Kier molecular flexibility index (Phi) is 9.15. The lowest BCUT2D eigenvalue weighted by atomic mass is 10.1. The summed E-state index contributed by atoms with van der Waals surface area (Å²) in [5.74, 6) is 0.608. The molecule has 0 amide bonds. The molecule has 0 aliphatic carbocycles. The molecule has 0 heterocycles. The van der Waals surface area contributed by atoms with Gasteiger partial charge in [-0.25, -0.2) is 8.42 Å². The first-order valence-corrected chi connectivity index (χ1v) is 11.7. The second-order valence-corrected chi connectivity index (χ2v) is 8.77. The molecule has 0 saturated carbocycles. The molecule has 0 saturated heterocycles. The van der Waals surface area contributed by atoms with E-state index < -0.39 is 9.84 Å². The molecule has 0 fully saturated rings. The van der Waals surface area contributed by atoms with Gasteiger partial charge in [0, 0.05) is 20.1 Å². The molecule has 0 aliphatic rings. The van der Waals surface area contributed by atoms with Gasteiger partial charge in [0.25, 0.3) is 0 Å². The van der Waals surface area contributed by atoms with Gasteiger partial charge < -0.3 is 10.6 Å². The maximum absolute atomic E-state index is 12.4. The van der Waals surface area contributed by atoms with Gasteiger partial charge in [0.2, 0.25) is 0 Å². The van der Waals surface area contributed by atoms with E-state index in [1.54, 1.807) is 31.3 Å². The van der Waals surface area contributed by atoms with E-state index in [-0.39, 0.29) is 18.3 Å². The minimum atomic E-state index is -3.31. The van der Waals surface area contributed by atoms with E-state index >= 15 is 0 Å². The monoisotopic (exact) mass is 416 g/mol. The summed E-state index contributed by atoms with van der Waals surface area (Å²) in [5, 5.41) is 6.46. The normalized spacial score (nSPS) is 13.3. The van der Waals surface area contributed by atoms with Crippen molar-refractivity contribution in [1.29, 1.82) is 0 Å². The van der Waals surface area contributed by atoms with Crippen LogP contribution in [0.5, 0.6) is 0 Å². The van der Waals surface area contributed by atoms with E-state index in [2.05, 4.69) is 46.5 Å². The molecule has 0 bridgehead atoms. The Morgan fingerprint density at radius 3 is 2.10 bits per heavy atom. The number of nitrogens with zero attached hydrogens (tertiary/aromatic N) is 2. The van der Waals surface area contributed by atoms with Crippen LogP contribution in [0.15, 0.2) is 70.6 Å². The summed E-state index contributed by atoms with van der Waals surface area (Å²) in [7, 11) is -1.62. The Morgan fingerprint density at radius 1 is 0.966 bits per heavy atom. The number of sulfone groups is 1. The molecule has 1 unspecified atom stereocenters. The van der Waals surface area contributed by atoms with Gasteiger partial charge in [-0.2, -0.15) is 0 Å². The minimum absolute atomic E-state index is 0.00979. The molecule has 158 valence electrons. The summed E-state index contributed by atoms with van der Waals surface area (Å²) in [6, 6.07) is 19.1. The Bertz CT molecular complexity index is 851. The topological polar surface area (TPSA) is 73.8 Å². The van der Waals surface area contributed by atoms with E-state index in [1.165, 1.54) is 5.56 Å². The van der Waals surface area contributed by atoms with E-state index in [4.69, 9.17) is 0 Å². The van der Waals surface area contributed by atoms with Crippen LogP contribution in [-0.4, -0.2) is 58.3 Å². The fraction of sp³-hybridized carbons (Fsp3) is 0.409. The Balaban J connectivity index is 1.94. The number of aliphatic imine (C=N–C) groups is 1. The van der Waals surface area contributed by atoms with Crippen molar-refractivity contribution in [3.8, 4) is 0 Å². The summed E-state index contributed by atoms with van der Waals surface area (Å²) in [6.45, 7) is 7.16. The number of hydrogen-bond donors (Lipinski definition) is 2. The van der Waals surface area contributed by atoms with E-state index in [0.717, 1.165) is 13.1 Å². The minimum Gasteiger partial charge on any atom is -0.355 e. The highest BCUT2D eigenvalue weighted by Gasteiger charge is 2.18. The zero-order valence-corrected chi connectivity index (χ0v) is 18.3. The lowest BCUT2D eigenvalue weighted by molar-refractivity contribution is 0.219. The molecular weight excluding hydrogens is 384 g/mol. The Hall–Kier alpha value is -2.38. The molecule has 7 heteroatoms. The standard InChI is InChI=1S/C22H32N4O2S/c1-4-26(5-2)21(19-12-8-6-9-13-19)18-25-22(23-3)24-16-17-29(27,28)20-14-10-7-11-15-20/h6-15,21H,4-5,16-18H2,1-3H3,(H2,23,24,25). The maximum atomic E-state index is 12.4. The second kappa shape index (κ2) is 11.6. The van der Waals surface area contributed by atoms with Crippen molar-refractivity contribution in [2.75, 3.05) is 39.0 Å². The first kappa shape index (κ1) is 22.9. The molecular formula is C22H32N4O2S. The van der Waals surface area contributed by atoms with Crippen molar-refractivity contribution in [2.45, 2.75) is 24.8 Å². The largest absolute Gasteiger partial charge is 0.355 e. The SMILES string of the molecule is CCN(CC)C(CNC(=NC)NCCS(=O)(=O)c1ccccc1)c1ccccc1. The second-order valence-electron chi connectivity index (χ2n) is 6.66. The number of nitrogens with one attached hydrogen (secondary N) is 2. The predicted octanol–water partition coefficient (Wildman–Crippen LogP) is 2.71. The highest BCUT2D eigenvalue weighted by Crippen LogP contribution is 2.19. The van der Waals surface area contributed by atoms with Crippen LogP contribution in [0.4, 0.5) is 0 Å². The summed E-state index contributed by atoms with van der Waals surface area (Å²) in [4.78, 5) is 6.97. The third-order valence-corrected chi connectivity index (χ3v) is 6.62. The van der Waals surface area contributed by atoms with Gasteiger partial charge >= 0.3 is 0 Å². The van der Waals surface area contributed by atoms with Crippen molar-refractivity contribution in [2.24, 2.45) is 4.99 Å². The molecule has 0 spiro atoms. The number of rotatable bonds is 10. The van der Waals surface area contributed by atoms with Gasteiger partial charge in [0.15, 0.2) is 15.8 Å². The lowest BCUT2D eigenvalue weighted by Crippen LogP contribution is -2.44. The van der Waals surface area contributed by atoms with Crippen molar-refractivity contribution in [1.82, 2.24) is 15.5 Å². The smallest absolute Gasteiger partial charge is 0.191 e. The highest BCUT2D eigenvalue weighted by molar-refractivity contribution is 7.91. The van der Waals surface area contributed by atoms with E-state index in [0.29, 0.717) is 17.4 Å². The van der Waals surface area contributed by atoms with Crippen LogP contribution in [0.3, 0.4) is 0 Å². The summed E-state index contributed by atoms with van der Waals surface area (Å²) in [6.07, 6.45) is 0. The predicted molar refractivity (Wildman–Crippen MR) is 120 cm³/mol. The van der Waals surface area contributed by atoms with Crippen LogP contribution in [0.25, 0.3) is 0 Å². The van der Waals surface area contributed by atoms with Gasteiger partial charge in [0.1, 0.15) is 0 Å². The van der Waals surface area contributed by atoms with Gasteiger partial charge in [-0.1, -0.05) is 62.4 Å². The van der Waals surface area contributed by atoms with Crippen LogP contribution < -0.4 is 10.6 Å². The van der Waals surface area contributed by atoms with Crippen molar-refractivity contribution >= 4 is 15.8 Å². The highest BCUT2D eigenvalue weighted by atomic mass is 32.2. The van der Waals surface area contributed by atoms with Crippen LogP contribution in [-0.2, 0) is 9.84 Å². The summed E-state index contributed by atoms with van der Waals surface area (Å²) >= 11 is 0. The van der Waals surface area contributed by atoms with Crippen LogP contribution >= 0.6 is 0 Å². The number of benzene rings is 2. The van der Waals surface area contributed by atoms with E-state index in [9.17, 15) is 8.42 Å². The zero-order chi connectivity index (χ0) is 21.1. The Morgan fingerprint density at radius 2 is 1.55 bits per heavy atom. The third-order valence-electron chi connectivity index (χ3n) is 4.89. The molecule has 2 N–H and O–H groups in total. The van der Waals surface area contributed by atoms with Crippen LogP contribution in [0.1, 0.15) is 25.5 Å². The molecule has 0 aliphatic heterocycles. The van der Waals surface area contributed by atoms with Crippen molar-refractivity contribution < 1.29 is 8.42 Å². The van der Waals surface area contributed by atoms with Gasteiger partial charge in [-0.15, -0.1) is 0 Å². The first-order chi connectivity index (χ1) is 14.0. The molecule has 29 heavy (non-hydrogen) atoms. The molecule has 1 atom stereocenters. The fourth-order valence-corrected chi connectivity index (χ4v) is 4.44. The number of hydrogen-bond acceptors (Lipinski definition) is 4. The van der Waals surface area contributed by atoms with Gasteiger partial charge in [0.05, 0.1) is 16.7 Å². The van der Waals surface area contributed by atoms with E-state index in [1.807, 2.05) is 24.3 Å². The van der Waals surface area contributed by atoms with Crippen molar-refractivity contribution in [3.63, 3.8) is 0 Å². The first-order valence-electron chi connectivity index (χ1n) is 10.0. The number of likely N-dealkylation sites (N-methyl/N-ethyl adjacent to an activating group) is 1. The van der Waals surface area contributed by atoms with Crippen LogP contribution in [0.2, 0.25) is 0 Å².